The Morgan fingerprint density at radius 2 is 1.81 bits per heavy atom. The summed E-state index contributed by atoms with van der Waals surface area (Å²) in [5, 5.41) is 0.586. The third-order valence-electron chi connectivity index (χ3n) is 1.44. The van der Waals surface area contributed by atoms with Gasteiger partial charge in [-0.15, -0.1) is 11.8 Å². The first-order chi connectivity index (χ1) is 7.60. The maximum atomic E-state index is 11.0. The van der Waals surface area contributed by atoms with Crippen molar-refractivity contribution in [3.05, 3.63) is 0 Å². The topological polar surface area (TPSA) is 65.0 Å². The highest BCUT2D eigenvalue weighted by Crippen LogP contribution is 2.07. The number of carbonyl (C=O) groups is 2. The van der Waals surface area contributed by atoms with Crippen molar-refractivity contribution >= 4 is 28.9 Å². The average molecular weight is 247 g/mol. The summed E-state index contributed by atoms with van der Waals surface area (Å²) in [5.74, 6) is 0.312. The van der Waals surface area contributed by atoms with Crippen LogP contribution in [0.25, 0.3) is 0 Å². The summed E-state index contributed by atoms with van der Waals surface area (Å²) in [5.41, 5.74) is 0. The fraction of sp³-hybridized carbons (Fsp3) is 0.700. The van der Waals surface area contributed by atoms with Crippen LogP contribution in [0.5, 0.6) is 0 Å². The van der Waals surface area contributed by atoms with Gasteiger partial charge in [-0.25, -0.2) is 4.79 Å². The van der Waals surface area contributed by atoms with Gasteiger partial charge in [-0.3, -0.25) is 4.79 Å². The van der Waals surface area contributed by atoms with E-state index in [0.717, 1.165) is 0 Å². The minimum Gasteiger partial charge on any atom is -0.466 e. The molecule has 0 spiro atoms. The van der Waals surface area contributed by atoms with Crippen molar-refractivity contribution in [1.82, 2.24) is 0 Å². The Morgan fingerprint density at radius 1 is 1.19 bits per heavy atom. The number of ether oxygens (including phenoxy) is 2. The zero-order valence-electron chi connectivity index (χ0n) is 9.82. The van der Waals surface area contributed by atoms with E-state index >= 15 is 0 Å². The standard InChI is InChI=1S/C10H17NO4S/c1-4-14-9(12)6-7-16-8(3)11-10(13)15-5-2/h4-7H2,1-3H3. The van der Waals surface area contributed by atoms with Crippen molar-refractivity contribution in [2.75, 3.05) is 19.0 Å². The Hall–Kier alpha value is -1.04. The number of amides is 1. The largest absolute Gasteiger partial charge is 0.466 e. The van der Waals surface area contributed by atoms with Gasteiger partial charge in [0.05, 0.1) is 24.7 Å². The van der Waals surface area contributed by atoms with Crippen molar-refractivity contribution in [3.8, 4) is 0 Å². The molecule has 0 aliphatic heterocycles. The van der Waals surface area contributed by atoms with Crippen LogP contribution in [0.1, 0.15) is 27.2 Å². The van der Waals surface area contributed by atoms with E-state index in [1.807, 2.05) is 0 Å². The van der Waals surface area contributed by atoms with E-state index in [2.05, 4.69) is 9.73 Å². The maximum absolute atomic E-state index is 11.0. The predicted octanol–water partition coefficient (Wildman–Crippen LogP) is 2.25. The number of hydrogen-bond donors (Lipinski definition) is 0. The van der Waals surface area contributed by atoms with Crippen molar-refractivity contribution in [1.29, 1.82) is 0 Å². The van der Waals surface area contributed by atoms with Gasteiger partial charge >= 0.3 is 12.1 Å². The normalized spacial score (nSPS) is 11.1. The summed E-state index contributed by atoms with van der Waals surface area (Å²) >= 11 is 1.33. The lowest BCUT2D eigenvalue weighted by Gasteiger charge is -2.01. The van der Waals surface area contributed by atoms with E-state index in [-0.39, 0.29) is 5.97 Å². The number of nitrogens with zero attached hydrogens (tertiary/aromatic N) is 1. The molecule has 0 heterocycles. The Bertz CT molecular complexity index is 266. The Labute approximate surface area is 99.6 Å². The molecule has 0 saturated heterocycles. The molecule has 0 bridgehead atoms. The molecule has 0 atom stereocenters. The van der Waals surface area contributed by atoms with Crippen molar-refractivity contribution in [2.24, 2.45) is 4.99 Å². The molecule has 0 saturated carbocycles. The molecular formula is C10H17NO4S. The molecule has 0 aliphatic rings. The van der Waals surface area contributed by atoms with Gasteiger partial charge in [0, 0.05) is 5.75 Å². The number of rotatable bonds is 5. The second kappa shape index (κ2) is 9.21. The van der Waals surface area contributed by atoms with E-state index in [1.54, 1.807) is 20.8 Å². The minimum atomic E-state index is -0.594. The second-order valence-electron chi connectivity index (χ2n) is 2.73. The Balaban J connectivity index is 3.76. The summed E-state index contributed by atoms with van der Waals surface area (Å²) in [7, 11) is 0. The Morgan fingerprint density at radius 3 is 2.38 bits per heavy atom. The molecule has 92 valence electrons. The molecular weight excluding hydrogens is 230 g/mol. The first-order valence-electron chi connectivity index (χ1n) is 5.10. The molecule has 0 aromatic carbocycles. The van der Waals surface area contributed by atoms with Gasteiger partial charge in [-0.2, -0.15) is 4.99 Å². The second-order valence-corrected chi connectivity index (χ2v) is 4.02. The zero-order valence-corrected chi connectivity index (χ0v) is 10.6. The summed E-state index contributed by atoms with van der Waals surface area (Å²) < 4.78 is 9.41. The van der Waals surface area contributed by atoms with Crippen LogP contribution in [0.3, 0.4) is 0 Å². The molecule has 0 fully saturated rings. The summed E-state index contributed by atoms with van der Waals surface area (Å²) in [6.45, 7) is 5.88. The van der Waals surface area contributed by atoms with Crippen LogP contribution in [0.2, 0.25) is 0 Å². The van der Waals surface area contributed by atoms with Gasteiger partial charge in [-0.05, 0) is 20.8 Å². The molecule has 0 aromatic heterocycles. The van der Waals surface area contributed by atoms with Crippen LogP contribution in [-0.2, 0) is 14.3 Å². The SMILES string of the molecule is CCOC(=O)CCSC(C)=NC(=O)OCC. The first kappa shape index (κ1) is 15.0. The molecule has 0 rings (SSSR count). The van der Waals surface area contributed by atoms with Crippen LogP contribution in [-0.4, -0.2) is 36.1 Å². The molecule has 0 aliphatic carbocycles. The highest BCUT2D eigenvalue weighted by molar-refractivity contribution is 8.13. The lowest BCUT2D eigenvalue weighted by atomic mass is 10.5. The van der Waals surface area contributed by atoms with E-state index in [9.17, 15) is 9.59 Å². The fourth-order valence-corrected chi connectivity index (χ4v) is 1.54. The molecule has 0 aromatic rings. The molecule has 5 nitrogen and oxygen atoms in total. The summed E-state index contributed by atoms with van der Waals surface area (Å²) in [6.07, 6.45) is -0.280. The van der Waals surface area contributed by atoms with Gasteiger partial charge in [0.2, 0.25) is 0 Å². The number of carbonyl (C=O) groups excluding carboxylic acids is 2. The van der Waals surface area contributed by atoms with E-state index in [0.29, 0.717) is 30.4 Å². The summed E-state index contributed by atoms with van der Waals surface area (Å²) in [4.78, 5) is 25.6. The first-order valence-corrected chi connectivity index (χ1v) is 6.09. The van der Waals surface area contributed by atoms with Crippen LogP contribution < -0.4 is 0 Å². The van der Waals surface area contributed by atoms with E-state index < -0.39 is 6.09 Å². The smallest absolute Gasteiger partial charge is 0.434 e. The number of esters is 1. The number of hydrogen-bond acceptors (Lipinski definition) is 5. The fourth-order valence-electron chi connectivity index (χ4n) is 0.832. The van der Waals surface area contributed by atoms with Crippen molar-refractivity contribution in [3.63, 3.8) is 0 Å². The van der Waals surface area contributed by atoms with Gasteiger partial charge in [0.1, 0.15) is 0 Å². The third kappa shape index (κ3) is 8.28. The Kier molecular flexibility index (Phi) is 8.61. The van der Waals surface area contributed by atoms with Crippen LogP contribution in [0.4, 0.5) is 4.79 Å². The highest BCUT2D eigenvalue weighted by atomic mass is 32.2. The van der Waals surface area contributed by atoms with Crippen molar-refractivity contribution < 1.29 is 19.1 Å². The van der Waals surface area contributed by atoms with Gasteiger partial charge in [0.25, 0.3) is 0 Å². The van der Waals surface area contributed by atoms with Crippen molar-refractivity contribution in [2.45, 2.75) is 27.2 Å². The quantitative estimate of drug-likeness (QED) is 0.423. The maximum Gasteiger partial charge on any atom is 0.434 e. The van der Waals surface area contributed by atoms with Crippen LogP contribution in [0, 0.1) is 0 Å². The number of thioether (sulfide) groups is 1. The lowest BCUT2D eigenvalue weighted by molar-refractivity contribution is -0.142. The minimum absolute atomic E-state index is 0.237. The average Bonchev–Trinajstić information content (AvgIpc) is 2.18. The molecule has 0 radical (unpaired) electrons. The van der Waals surface area contributed by atoms with Crippen LogP contribution >= 0.6 is 11.8 Å². The van der Waals surface area contributed by atoms with Crippen LogP contribution in [0.15, 0.2) is 4.99 Å². The van der Waals surface area contributed by atoms with E-state index in [4.69, 9.17) is 4.74 Å². The monoisotopic (exact) mass is 247 g/mol. The summed E-state index contributed by atoms with van der Waals surface area (Å²) in [6, 6.07) is 0. The van der Waals surface area contributed by atoms with Gasteiger partial charge in [0.15, 0.2) is 0 Å². The predicted molar refractivity (Wildman–Crippen MR) is 63.8 cm³/mol. The molecule has 0 unspecified atom stereocenters. The van der Waals surface area contributed by atoms with E-state index in [1.165, 1.54) is 11.8 Å². The molecule has 6 heteroatoms. The van der Waals surface area contributed by atoms with Gasteiger partial charge in [-0.1, -0.05) is 0 Å². The highest BCUT2D eigenvalue weighted by Gasteiger charge is 2.04. The van der Waals surface area contributed by atoms with Gasteiger partial charge < -0.3 is 9.47 Å². The molecule has 0 N–H and O–H groups in total. The molecule has 1 amide bonds. The third-order valence-corrected chi connectivity index (χ3v) is 2.36. The zero-order chi connectivity index (χ0) is 12.4. The number of aliphatic imine (C=N–C) groups is 1. The molecule has 16 heavy (non-hydrogen) atoms. The lowest BCUT2D eigenvalue weighted by Crippen LogP contribution is -2.06.